The molecule has 1 amide bonds. The number of benzene rings is 1. The third-order valence-electron chi connectivity index (χ3n) is 2.95. The number of fused-ring (bicyclic) bond motifs is 1. The molecule has 7 heteroatoms. The molecule has 0 spiro atoms. The zero-order valence-corrected chi connectivity index (χ0v) is 11.8. The fraction of sp³-hybridized carbons (Fsp3) is 0.429. The molecule has 0 aromatic heterocycles. The number of amides is 1. The lowest BCUT2D eigenvalue weighted by Crippen LogP contribution is -2.34. The van der Waals surface area contributed by atoms with E-state index in [2.05, 4.69) is 5.32 Å². The molecule has 1 aromatic carbocycles. The van der Waals surface area contributed by atoms with Crippen LogP contribution < -0.4 is 19.5 Å². The Morgan fingerprint density at radius 1 is 1.38 bits per heavy atom. The van der Waals surface area contributed by atoms with Gasteiger partial charge in [-0.25, -0.2) is 0 Å². The summed E-state index contributed by atoms with van der Waals surface area (Å²) in [6.07, 6.45) is -0.145. The molecule has 0 radical (unpaired) electrons. The van der Waals surface area contributed by atoms with Gasteiger partial charge in [-0.15, -0.1) is 0 Å². The molecule has 7 nitrogen and oxygen atoms in total. The highest BCUT2D eigenvalue weighted by Gasteiger charge is 2.21. The molecule has 1 heterocycles. The molecule has 0 aliphatic carbocycles. The number of aliphatic carboxylic acids is 1. The summed E-state index contributed by atoms with van der Waals surface area (Å²) in [7, 11) is 1.47. The van der Waals surface area contributed by atoms with Crippen LogP contribution >= 0.6 is 0 Å². The third-order valence-corrected chi connectivity index (χ3v) is 2.95. The summed E-state index contributed by atoms with van der Waals surface area (Å²) in [6.45, 7) is 2.45. The molecule has 21 heavy (non-hydrogen) atoms. The summed E-state index contributed by atoms with van der Waals surface area (Å²) in [6, 6.07) is 2.62. The van der Waals surface area contributed by atoms with Crippen LogP contribution in [0.15, 0.2) is 12.1 Å². The maximum absolute atomic E-state index is 12.1. The van der Waals surface area contributed by atoms with Crippen LogP contribution in [-0.4, -0.2) is 43.3 Å². The van der Waals surface area contributed by atoms with Crippen molar-refractivity contribution >= 4 is 11.9 Å². The van der Waals surface area contributed by atoms with Crippen molar-refractivity contribution in [2.45, 2.75) is 19.4 Å². The molecule has 0 bridgehead atoms. The largest absolute Gasteiger partial charge is 0.493 e. The lowest BCUT2D eigenvalue weighted by molar-refractivity contribution is -0.137. The maximum atomic E-state index is 12.1. The van der Waals surface area contributed by atoms with Crippen molar-refractivity contribution in [1.29, 1.82) is 0 Å². The third kappa shape index (κ3) is 3.56. The van der Waals surface area contributed by atoms with E-state index >= 15 is 0 Å². The molecule has 0 saturated carbocycles. The van der Waals surface area contributed by atoms with Gasteiger partial charge >= 0.3 is 5.97 Å². The smallest absolute Gasteiger partial charge is 0.305 e. The van der Waals surface area contributed by atoms with Gasteiger partial charge in [-0.3, -0.25) is 9.59 Å². The van der Waals surface area contributed by atoms with Gasteiger partial charge in [0.2, 0.25) is 5.75 Å². The molecule has 1 aromatic rings. The predicted molar refractivity (Wildman–Crippen MR) is 73.2 cm³/mol. The summed E-state index contributed by atoms with van der Waals surface area (Å²) in [5, 5.41) is 11.3. The lowest BCUT2D eigenvalue weighted by atomic mass is 10.1. The molecule has 0 saturated heterocycles. The number of carboxylic acid groups (broad SMARTS) is 1. The van der Waals surface area contributed by atoms with Crippen molar-refractivity contribution in [3.8, 4) is 17.2 Å². The van der Waals surface area contributed by atoms with Gasteiger partial charge < -0.3 is 24.6 Å². The van der Waals surface area contributed by atoms with Crippen molar-refractivity contribution in [1.82, 2.24) is 5.32 Å². The summed E-state index contributed by atoms with van der Waals surface area (Å²) in [4.78, 5) is 22.7. The number of rotatable bonds is 5. The number of methoxy groups -OCH3 is 1. The second kappa shape index (κ2) is 6.34. The highest BCUT2D eigenvalue weighted by Crippen LogP contribution is 2.40. The van der Waals surface area contributed by atoms with Crippen LogP contribution in [0.3, 0.4) is 0 Å². The zero-order chi connectivity index (χ0) is 15.4. The Hall–Kier alpha value is -2.44. The first-order valence-electron chi connectivity index (χ1n) is 6.51. The van der Waals surface area contributed by atoms with Gasteiger partial charge in [-0.2, -0.15) is 0 Å². The second-order valence-corrected chi connectivity index (χ2v) is 4.68. The number of hydrogen-bond donors (Lipinski definition) is 2. The van der Waals surface area contributed by atoms with Gasteiger partial charge in [0.15, 0.2) is 11.5 Å². The van der Waals surface area contributed by atoms with Gasteiger partial charge in [0, 0.05) is 11.6 Å². The van der Waals surface area contributed by atoms with Crippen molar-refractivity contribution in [2.75, 3.05) is 20.3 Å². The minimum absolute atomic E-state index is 0.145. The quantitative estimate of drug-likeness (QED) is 0.843. The van der Waals surface area contributed by atoms with Crippen LogP contribution in [-0.2, 0) is 4.79 Å². The topological polar surface area (TPSA) is 94.1 Å². The van der Waals surface area contributed by atoms with E-state index < -0.39 is 12.0 Å². The molecule has 1 aliphatic heterocycles. The average molecular weight is 295 g/mol. The molecular formula is C14H17NO6. The second-order valence-electron chi connectivity index (χ2n) is 4.68. The Morgan fingerprint density at radius 3 is 2.76 bits per heavy atom. The Labute approximate surface area is 121 Å². The first kappa shape index (κ1) is 15.0. The summed E-state index contributed by atoms with van der Waals surface area (Å²) in [5.41, 5.74) is 0.327. The predicted octanol–water partition coefficient (Wildman–Crippen LogP) is 1.06. The van der Waals surface area contributed by atoms with E-state index in [1.54, 1.807) is 13.0 Å². The average Bonchev–Trinajstić information content (AvgIpc) is 2.44. The van der Waals surface area contributed by atoms with Gasteiger partial charge in [-0.1, -0.05) is 0 Å². The number of nitrogens with one attached hydrogen (secondary N) is 1. The fourth-order valence-corrected chi connectivity index (χ4v) is 2.02. The normalized spacial score (nSPS) is 14.2. The highest BCUT2D eigenvalue weighted by molar-refractivity contribution is 5.96. The van der Waals surface area contributed by atoms with E-state index in [-0.39, 0.29) is 12.3 Å². The monoisotopic (exact) mass is 295 g/mol. The van der Waals surface area contributed by atoms with Crippen LogP contribution in [0.4, 0.5) is 0 Å². The molecule has 2 N–H and O–H groups in total. The van der Waals surface area contributed by atoms with Crippen molar-refractivity contribution in [3.05, 3.63) is 17.7 Å². The molecular weight excluding hydrogens is 278 g/mol. The van der Waals surface area contributed by atoms with Crippen molar-refractivity contribution in [2.24, 2.45) is 0 Å². The van der Waals surface area contributed by atoms with Crippen LogP contribution in [0.2, 0.25) is 0 Å². The van der Waals surface area contributed by atoms with Crippen LogP contribution in [0.5, 0.6) is 17.2 Å². The Bertz CT molecular complexity index is 539. The van der Waals surface area contributed by atoms with Crippen LogP contribution in [0, 0.1) is 0 Å². The Balaban J connectivity index is 2.19. The fourth-order valence-electron chi connectivity index (χ4n) is 2.02. The number of carbonyl (C=O) groups excluding carboxylic acids is 1. The van der Waals surface area contributed by atoms with E-state index in [9.17, 15) is 9.59 Å². The van der Waals surface area contributed by atoms with E-state index in [1.807, 2.05) is 0 Å². The van der Waals surface area contributed by atoms with Gasteiger partial charge in [0.05, 0.1) is 13.5 Å². The van der Waals surface area contributed by atoms with E-state index in [0.29, 0.717) is 36.0 Å². The van der Waals surface area contributed by atoms with Crippen LogP contribution in [0.25, 0.3) is 0 Å². The maximum Gasteiger partial charge on any atom is 0.305 e. The van der Waals surface area contributed by atoms with E-state index in [4.69, 9.17) is 19.3 Å². The summed E-state index contributed by atoms with van der Waals surface area (Å²) < 4.78 is 16.1. The number of carboxylic acids is 1. The first-order valence-corrected chi connectivity index (χ1v) is 6.51. The molecule has 1 aliphatic rings. The van der Waals surface area contributed by atoms with Crippen LogP contribution in [0.1, 0.15) is 23.7 Å². The van der Waals surface area contributed by atoms with Crippen molar-refractivity contribution in [3.63, 3.8) is 0 Å². The summed E-state index contributed by atoms with van der Waals surface area (Å²) >= 11 is 0. The van der Waals surface area contributed by atoms with E-state index in [1.165, 1.54) is 13.2 Å². The van der Waals surface area contributed by atoms with E-state index in [0.717, 1.165) is 0 Å². The standard InChI is InChI=1S/C14H17NO6/c1-8(5-12(16)17)15-14(18)9-6-10(19-2)13-11(7-9)20-3-4-21-13/h6-8H,3-5H2,1-2H3,(H,15,18)(H,16,17). The SMILES string of the molecule is COc1cc(C(=O)NC(C)CC(=O)O)cc2c1OCCO2. The minimum Gasteiger partial charge on any atom is -0.493 e. The Morgan fingerprint density at radius 2 is 2.10 bits per heavy atom. The van der Waals surface area contributed by atoms with Crippen molar-refractivity contribution < 1.29 is 28.9 Å². The Kier molecular flexibility index (Phi) is 4.52. The van der Waals surface area contributed by atoms with Gasteiger partial charge in [-0.05, 0) is 19.1 Å². The molecule has 0 fully saturated rings. The lowest BCUT2D eigenvalue weighted by Gasteiger charge is -2.21. The minimum atomic E-state index is -0.970. The summed E-state index contributed by atoms with van der Waals surface area (Å²) in [5.74, 6) is -0.0414. The molecule has 1 unspecified atom stereocenters. The first-order chi connectivity index (χ1) is 10.0. The molecule has 114 valence electrons. The van der Waals surface area contributed by atoms with Gasteiger partial charge in [0.25, 0.3) is 5.91 Å². The number of hydrogen-bond acceptors (Lipinski definition) is 5. The molecule has 2 rings (SSSR count). The highest BCUT2D eigenvalue weighted by atomic mass is 16.6. The number of ether oxygens (including phenoxy) is 3. The zero-order valence-electron chi connectivity index (χ0n) is 11.8. The van der Waals surface area contributed by atoms with Gasteiger partial charge in [0.1, 0.15) is 13.2 Å². The number of carbonyl (C=O) groups is 2. The molecule has 1 atom stereocenters.